The third kappa shape index (κ3) is 6.23. The summed E-state index contributed by atoms with van der Waals surface area (Å²) in [5, 5.41) is 5.69. The zero-order chi connectivity index (χ0) is 14.3. The number of halogens is 1. The number of rotatable bonds is 5. The van der Waals surface area contributed by atoms with E-state index in [0.29, 0.717) is 24.1 Å². The molecule has 112 valence electrons. The average molecular weight is 390 g/mol. The van der Waals surface area contributed by atoms with Crippen molar-refractivity contribution in [3.05, 3.63) is 35.4 Å². The molecule has 0 fully saturated rings. The van der Waals surface area contributed by atoms with Gasteiger partial charge >= 0.3 is 0 Å². The second kappa shape index (κ2) is 9.57. The molecular formula is C14H23IN4O. The number of amides is 1. The first-order valence-electron chi connectivity index (χ1n) is 6.44. The standard InChI is InChI=1S/C14H22N4O.HI/c1-4-10(2)18-14(15)17-9-11-6-5-7-12(8-11)13(19)16-3;/h5-8,10H,4,9H2,1-3H3,(H,16,19)(H3,15,17,18);1H. The zero-order valence-corrected chi connectivity index (χ0v) is 14.5. The lowest BCUT2D eigenvalue weighted by Crippen LogP contribution is -2.38. The zero-order valence-electron chi connectivity index (χ0n) is 12.1. The Balaban J connectivity index is 0.00000361. The third-order valence-corrected chi connectivity index (χ3v) is 2.85. The molecule has 0 saturated heterocycles. The number of nitrogens with one attached hydrogen (secondary N) is 2. The molecule has 0 aliphatic carbocycles. The van der Waals surface area contributed by atoms with E-state index in [9.17, 15) is 4.79 Å². The van der Waals surface area contributed by atoms with E-state index in [1.165, 1.54) is 0 Å². The maximum absolute atomic E-state index is 11.5. The molecule has 1 aromatic rings. The van der Waals surface area contributed by atoms with Gasteiger partial charge in [0.05, 0.1) is 6.54 Å². The van der Waals surface area contributed by atoms with Crippen LogP contribution < -0.4 is 16.4 Å². The number of benzene rings is 1. The summed E-state index contributed by atoms with van der Waals surface area (Å²) in [5.74, 6) is 0.330. The molecular weight excluding hydrogens is 367 g/mol. The predicted molar refractivity (Wildman–Crippen MR) is 93.5 cm³/mol. The van der Waals surface area contributed by atoms with Crippen LogP contribution >= 0.6 is 24.0 Å². The molecule has 1 unspecified atom stereocenters. The third-order valence-electron chi connectivity index (χ3n) is 2.85. The first-order valence-corrected chi connectivity index (χ1v) is 6.44. The van der Waals surface area contributed by atoms with Crippen LogP contribution in [-0.4, -0.2) is 25.0 Å². The summed E-state index contributed by atoms with van der Waals surface area (Å²) < 4.78 is 0. The Morgan fingerprint density at radius 3 is 2.75 bits per heavy atom. The van der Waals surface area contributed by atoms with Crippen molar-refractivity contribution in [3.63, 3.8) is 0 Å². The summed E-state index contributed by atoms with van der Waals surface area (Å²) in [6.07, 6.45) is 0.988. The van der Waals surface area contributed by atoms with Crippen LogP contribution in [-0.2, 0) is 6.54 Å². The van der Waals surface area contributed by atoms with Crippen LogP contribution in [0.4, 0.5) is 0 Å². The van der Waals surface area contributed by atoms with E-state index in [1.54, 1.807) is 13.1 Å². The molecule has 1 amide bonds. The molecule has 0 spiro atoms. The van der Waals surface area contributed by atoms with E-state index in [4.69, 9.17) is 5.73 Å². The van der Waals surface area contributed by atoms with Crippen molar-refractivity contribution in [2.45, 2.75) is 32.9 Å². The number of nitrogens with zero attached hydrogens (tertiary/aromatic N) is 1. The van der Waals surface area contributed by atoms with Gasteiger partial charge in [0.15, 0.2) is 5.96 Å². The van der Waals surface area contributed by atoms with E-state index in [2.05, 4.69) is 29.5 Å². The highest BCUT2D eigenvalue weighted by molar-refractivity contribution is 14.0. The molecule has 0 saturated carbocycles. The van der Waals surface area contributed by atoms with E-state index >= 15 is 0 Å². The van der Waals surface area contributed by atoms with Gasteiger partial charge in [-0.3, -0.25) is 4.79 Å². The molecule has 20 heavy (non-hydrogen) atoms. The highest BCUT2D eigenvalue weighted by Gasteiger charge is 2.03. The molecule has 0 aliphatic rings. The van der Waals surface area contributed by atoms with Crippen molar-refractivity contribution in [1.29, 1.82) is 0 Å². The number of carbonyl (C=O) groups excluding carboxylic acids is 1. The van der Waals surface area contributed by atoms with Crippen LogP contribution in [0.5, 0.6) is 0 Å². The van der Waals surface area contributed by atoms with Crippen molar-refractivity contribution < 1.29 is 4.79 Å². The second-order valence-corrected chi connectivity index (χ2v) is 4.43. The summed E-state index contributed by atoms with van der Waals surface area (Å²) in [6, 6.07) is 7.66. The molecule has 1 atom stereocenters. The van der Waals surface area contributed by atoms with Gasteiger partial charge in [-0.25, -0.2) is 4.99 Å². The summed E-state index contributed by atoms with van der Waals surface area (Å²) in [7, 11) is 1.61. The molecule has 4 N–H and O–H groups in total. The molecule has 1 aromatic carbocycles. The fourth-order valence-electron chi connectivity index (χ4n) is 1.53. The van der Waals surface area contributed by atoms with Crippen molar-refractivity contribution >= 4 is 35.8 Å². The van der Waals surface area contributed by atoms with E-state index < -0.39 is 0 Å². The smallest absolute Gasteiger partial charge is 0.251 e. The maximum Gasteiger partial charge on any atom is 0.251 e. The quantitative estimate of drug-likeness (QED) is 0.408. The fraction of sp³-hybridized carbons (Fsp3) is 0.429. The minimum absolute atomic E-state index is 0. The van der Waals surface area contributed by atoms with Gasteiger partial charge in [0.2, 0.25) is 0 Å². The number of carbonyl (C=O) groups is 1. The number of hydrogen-bond acceptors (Lipinski definition) is 2. The Kier molecular flexibility index (Phi) is 8.94. The number of nitrogens with two attached hydrogens (primary N) is 1. The number of hydrogen-bond donors (Lipinski definition) is 3. The van der Waals surface area contributed by atoms with Crippen LogP contribution in [0.2, 0.25) is 0 Å². The summed E-state index contributed by atoms with van der Waals surface area (Å²) >= 11 is 0. The lowest BCUT2D eigenvalue weighted by molar-refractivity contribution is 0.0963. The molecule has 1 rings (SSSR count). The van der Waals surface area contributed by atoms with E-state index in [0.717, 1.165) is 12.0 Å². The summed E-state index contributed by atoms with van der Waals surface area (Å²) in [6.45, 7) is 4.59. The van der Waals surface area contributed by atoms with Crippen LogP contribution in [0, 0.1) is 0 Å². The number of guanidine groups is 1. The van der Waals surface area contributed by atoms with Crippen molar-refractivity contribution in [3.8, 4) is 0 Å². The van der Waals surface area contributed by atoms with E-state index in [1.807, 2.05) is 18.2 Å². The molecule has 6 heteroatoms. The van der Waals surface area contributed by atoms with Gasteiger partial charge in [0.1, 0.15) is 0 Å². The monoisotopic (exact) mass is 390 g/mol. The van der Waals surface area contributed by atoms with Gasteiger partial charge < -0.3 is 16.4 Å². The lowest BCUT2D eigenvalue weighted by atomic mass is 10.1. The largest absolute Gasteiger partial charge is 0.370 e. The Morgan fingerprint density at radius 1 is 1.45 bits per heavy atom. The van der Waals surface area contributed by atoms with Crippen LogP contribution in [0.3, 0.4) is 0 Å². The molecule has 5 nitrogen and oxygen atoms in total. The van der Waals surface area contributed by atoms with Crippen molar-refractivity contribution in [2.24, 2.45) is 10.7 Å². The van der Waals surface area contributed by atoms with Crippen molar-refractivity contribution in [1.82, 2.24) is 10.6 Å². The fourth-order valence-corrected chi connectivity index (χ4v) is 1.53. The minimum atomic E-state index is -0.100. The Labute approximate surface area is 137 Å². The Hall–Kier alpha value is -1.31. The van der Waals surface area contributed by atoms with Gasteiger partial charge in [-0.15, -0.1) is 24.0 Å². The van der Waals surface area contributed by atoms with Gasteiger partial charge in [0.25, 0.3) is 5.91 Å². The first kappa shape index (κ1) is 18.7. The van der Waals surface area contributed by atoms with Crippen LogP contribution in [0.25, 0.3) is 0 Å². The molecule has 0 radical (unpaired) electrons. The average Bonchev–Trinajstić information content (AvgIpc) is 2.44. The second-order valence-electron chi connectivity index (χ2n) is 4.43. The van der Waals surface area contributed by atoms with Crippen molar-refractivity contribution in [2.75, 3.05) is 7.05 Å². The SMILES string of the molecule is CCC(C)NC(N)=NCc1cccc(C(=O)NC)c1.I. The minimum Gasteiger partial charge on any atom is -0.370 e. The molecule has 0 bridgehead atoms. The van der Waals surface area contributed by atoms with Gasteiger partial charge in [-0.1, -0.05) is 19.1 Å². The highest BCUT2D eigenvalue weighted by atomic mass is 127. The maximum atomic E-state index is 11.5. The Morgan fingerprint density at radius 2 is 2.15 bits per heavy atom. The Bertz CT molecular complexity index is 462. The van der Waals surface area contributed by atoms with Gasteiger partial charge in [-0.2, -0.15) is 0 Å². The first-order chi connectivity index (χ1) is 9.06. The predicted octanol–water partition coefficient (Wildman–Crippen LogP) is 1.87. The van der Waals surface area contributed by atoms with Gasteiger partial charge in [0, 0.05) is 18.7 Å². The molecule has 0 aromatic heterocycles. The normalized spacial score (nSPS) is 12.2. The number of aliphatic imine (C=N–C) groups is 1. The topological polar surface area (TPSA) is 79.5 Å². The lowest BCUT2D eigenvalue weighted by Gasteiger charge is -2.11. The molecule has 0 heterocycles. The van der Waals surface area contributed by atoms with Crippen LogP contribution in [0.15, 0.2) is 29.3 Å². The highest BCUT2D eigenvalue weighted by Crippen LogP contribution is 2.06. The van der Waals surface area contributed by atoms with Gasteiger partial charge in [-0.05, 0) is 31.0 Å². The van der Waals surface area contributed by atoms with Crippen LogP contribution in [0.1, 0.15) is 36.2 Å². The summed E-state index contributed by atoms with van der Waals surface area (Å²) in [5.41, 5.74) is 7.36. The molecule has 0 aliphatic heterocycles. The summed E-state index contributed by atoms with van der Waals surface area (Å²) in [4.78, 5) is 15.8. The van der Waals surface area contributed by atoms with E-state index in [-0.39, 0.29) is 29.9 Å².